The molecular weight excluding hydrogens is 302 g/mol. The van der Waals surface area contributed by atoms with Crippen molar-refractivity contribution in [3.8, 4) is 11.5 Å². The van der Waals surface area contributed by atoms with Gasteiger partial charge in [0.1, 0.15) is 11.5 Å². The monoisotopic (exact) mass is 327 g/mol. The number of carbonyl (C=O) groups excluding carboxylic acids is 1. The second kappa shape index (κ2) is 8.96. The number of hydrogen-bond acceptors (Lipinski definition) is 3. The first-order valence-electron chi connectivity index (χ1n) is 8.39. The smallest absolute Gasteiger partial charge is 0.262 e. The Morgan fingerprint density at radius 1 is 1.08 bits per heavy atom. The predicted octanol–water partition coefficient (Wildman–Crippen LogP) is 4.44. The molecular formula is C20H25NO3. The quantitative estimate of drug-likeness (QED) is 0.779. The fraction of sp³-hybridized carbons (Fsp3) is 0.350. The van der Waals surface area contributed by atoms with Crippen LogP contribution in [-0.2, 0) is 11.2 Å². The van der Waals surface area contributed by atoms with Gasteiger partial charge in [0.15, 0.2) is 6.61 Å². The predicted molar refractivity (Wildman–Crippen MR) is 96.8 cm³/mol. The Morgan fingerprint density at radius 3 is 2.50 bits per heavy atom. The van der Waals surface area contributed by atoms with Crippen LogP contribution in [0.25, 0.3) is 0 Å². The Balaban J connectivity index is 1.83. The molecule has 0 radical (unpaired) electrons. The van der Waals surface area contributed by atoms with Crippen LogP contribution < -0.4 is 14.8 Å². The fourth-order valence-electron chi connectivity index (χ4n) is 2.13. The van der Waals surface area contributed by atoms with Gasteiger partial charge < -0.3 is 14.8 Å². The molecule has 128 valence electrons. The van der Waals surface area contributed by atoms with Crippen LogP contribution in [-0.4, -0.2) is 18.6 Å². The molecule has 1 amide bonds. The van der Waals surface area contributed by atoms with Gasteiger partial charge in [0.2, 0.25) is 0 Å². The first-order valence-corrected chi connectivity index (χ1v) is 8.39. The average molecular weight is 327 g/mol. The Kier molecular flexibility index (Phi) is 6.67. The van der Waals surface area contributed by atoms with Crippen LogP contribution in [0, 0.1) is 0 Å². The highest BCUT2D eigenvalue weighted by atomic mass is 16.5. The molecule has 2 aromatic carbocycles. The third-order valence-electron chi connectivity index (χ3n) is 3.73. The molecule has 0 aliphatic rings. The minimum atomic E-state index is -0.188. The van der Waals surface area contributed by atoms with Crippen LogP contribution >= 0.6 is 0 Å². The van der Waals surface area contributed by atoms with E-state index in [0.717, 1.165) is 24.3 Å². The lowest BCUT2D eigenvalue weighted by Gasteiger charge is -2.13. The number of hydrogen-bond donors (Lipinski definition) is 1. The standard InChI is InChI=1S/C20H25NO3/c1-4-15(3)24-18-11-9-17(10-12-18)21-20(22)14-23-19-8-6-7-16(5-2)13-19/h6-13,15H,4-5,14H2,1-3H3,(H,21,22). The Bertz CT molecular complexity index is 652. The summed E-state index contributed by atoms with van der Waals surface area (Å²) in [7, 11) is 0. The molecule has 1 atom stereocenters. The Morgan fingerprint density at radius 2 is 1.83 bits per heavy atom. The highest BCUT2D eigenvalue weighted by Gasteiger charge is 2.05. The van der Waals surface area contributed by atoms with E-state index >= 15 is 0 Å². The van der Waals surface area contributed by atoms with E-state index in [0.29, 0.717) is 5.75 Å². The molecule has 0 saturated heterocycles. The highest BCUT2D eigenvalue weighted by Crippen LogP contribution is 2.18. The molecule has 0 aliphatic heterocycles. The number of aryl methyl sites for hydroxylation is 1. The summed E-state index contributed by atoms with van der Waals surface area (Å²) < 4.78 is 11.2. The second-order valence-electron chi connectivity index (χ2n) is 5.70. The Labute approximate surface area is 143 Å². The largest absolute Gasteiger partial charge is 0.491 e. The average Bonchev–Trinajstić information content (AvgIpc) is 2.61. The number of amides is 1. The van der Waals surface area contributed by atoms with Crippen molar-refractivity contribution < 1.29 is 14.3 Å². The zero-order valence-electron chi connectivity index (χ0n) is 14.5. The van der Waals surface area contributed by atoms with Crippen molar-refractivity contribution in [3.05, 3.63) is 54.1 Å². The summed E-state index contributed by atoms with van der Waals surface area (Å²) in [6, 6.07) is 15.1. The molecule has 0 bridgehead atoms. The summed E-state index contributed by atoms with van der Waals surface area (Å²) in [6.07, 6.45) is 2.07. The van der Waals surface area contributed by atoms with E-state index in [1.165, 1.54) is 5.56 Å². The number of rotatable bonds is 8. The number of carbonyl (C=O) groups is 1. The molecule has 0 heterocycles. The molecule has 2 aromatic rings. The van der Waals surface area contributed by atoms with Crippen molar-refractivity contribution in [1.29, 1.82) is 0 Å². The first kappa shape index (κ1) is 17.9. The van der Waals surface area contributed by atoms with E-state index in [-0.39, 0.29) is 18.6 Å². The lowest BCUT2D eigenvalue weighted by Crippen LogP contribution is -2.20. The van der Waals surface area contributed by atoms with Gasteiger partial charge in [0.25, 0.3) is 5.91 Å². The lowest BCUT2D eigenvalue weighted by molar-refractivity contribution is -0.118. The van der Waals surface area contributed by atoms with E-state index in [1.807, 2.05) is 55.5 Å². The summed E-state index contributed by atoms with van der Waals surface area (Å²) in [5, 5.41) is 2.82. The molecule has 0 saturated carbocycles. The topological polar surface area (TPSA) is 47.6 Å². The summed E-state index contributed by atoms with van der Waals surface area (Å²) in [4.78, 5) is 12.0. The number of ether oxygens (including phenoxy) is 2. The maximum atomic E-state index is 12.0. The molecule has 4 heteroatoms. The SMILES string of the molecule is CCc1cccc(OCC(=O)Nc2ccc(OC(C)CC)cc2)c1. The number of benzene rings is 2. The van der Waals surface area contributed by atoms with E-state index in [9.17, 15) is 4.79 Å². The van der Waals surface area contributed by atoms with Crippen molar-refractivity contribution >= 4 is 11.6 Å². The molecule has 1 unspecified atom stereocenters. The molecule has 24 heavy (non-hydrogen) atoms. The zero-order valence-corrected chi connectivity index (χ0v) is 14.5. The maximum absolute atomic E-state index is 12.0. The zero-order chi connectivity index (χ0) is 17.4. The van der Waals surface area contributed by atoms with Gasteiger partial charge in [-0.2, -0.15) is 0 Å². The molecule has 1 N–H and O–H groups in total. The normalized spacial score (nSPS) is 11.6. The van der Waals surface area contributed by atoms with Gasteiger partial charge in [0.05, 0.1) is 6.10 Å². The summed E-state index contributed by atoms with van der Waals surface area (Å²) in [5.74, 6) is 1.32. The van der Waals surface area contributed by atoms with Gasteiger partial charge >= 0.3 is 0 Å². The Hall–Kier alpha value is -2.49. The van der Waals surface area contributed by atoms with E-state index in [4.69, 9.17) is 9.47 Å². The number of nitrogens with one attached hydrogen (secondary N) is 1. The van der Waals surface area contributed by atoms with Crippen molar-refractivity contribution in [2.75, 3.05) is 11.9 Å². The van der Waals surface area contributed by atoms with Crippen LogP contribution in [0.5, 0.6) is 11.5 Å². The summed E-state index contributed by atoms with van der Waals surface area (Å²) in [6.45, 7) is 6.18. The van der Waals surface area contributed by atoms with Crippen LogP contribution in [0.2, 0.25) is 0 Å². The number of anilines is 1. The minimum absolute atomic E-state index is 0.0156. The van der Waals surface area contributed by atoms with Crippen molar-refractivity contribution in [1.82, 2.24) is 0 Å². The van der Waals surface area contributed by atoms with Gasteiger partial charge in [-0.15, -0.1) is 0 Å². The third kappa shape index (κ3) is 5.61. The second-order valence-corrected chi connectivity index (χ2v) is 5.70. The van der Waals surface area contributed by atoms with Crippen molar-refractivity contribution in [2.45, 2.75) is 39.7 Å². The molecule has 4 nitrogen and oxygen atoms in total. The van der Waals surface area contributed by atoms with Gasteiger partial charge in [-0.1, -0.05) is 26.0 Å². The van der Waals surface area contributed by atoms with Gasteiger partial charge in [0, 0.05) is 5.69 Å². The minimum Gasteiger partial charge on any atom is -0.491 e. The lowest BCUT2D eigenvalue weighted by atomic mass is 10.2. The summed E-state index contributed by atoms with van der Waals surface area (Å²) >= 11 is 0. The van der Waals surface area contributed by atoms with Crippen LogP contribution in [0.1, 0.15) is 32.8 Å². The molecule has 0 spiro atoms. The maximum Gasteiger partial charge on any atom is 0.262 e. The molecule has 0 aliphatic carbocycles. The molecule has 2 rings (SSSR count). The fourth-order valence-corrected chi connectivity index (χ4v) is 2.13. The highest BCUT2D eigenvalue weighted by molar-refractivity contribution is 5.91. The van der Waals surface area contributed by atoms with Gasteiger partial charge in [-0.05, 0) is 61.7 Å². The first-order chi connectivity index (χ1) is 11.6. The van der Waals surface area contributed by atoms with Gasteiger partial charge in [-0.3, -0.25) is 4.79 Å². The van der Waals surface area contributed by atoms with Crippen molar-refractivity contribution in [2.24, 2.45) is 0 Å². The van der Waals surface area contributed by atoms with Crippen LogP contribution in [0.3, 0.4) is 0 Å². The van der Waals surface area contributed by atoms with E-state index in [2.05, 4.69) is 19.2 Å². The van der Waals surface area contributed by atoms with E-state index < -0.39 is 0 Å². The van der Waals surface area contributed by atoms with Crippen LogP contribution in [0.15, 0.2) is 48.5 Å². The summed E-state index contributed by atoms with van der Waals surface area (Å²) in [5.41, 5.74) is 1.91. The third-order valence-corrected chi connectivity index (χ3v) is 3.73. The molecule has 0 aromatic heterocycles. The molecule has 0 fully saturated rings. The van der Waals surface area contributed by atoms with Crippen LogP contribution in [0.4, 0.5) is 5.69 Å². The van der Waals surface area contributed by atoms with Crippen molar-refractivity contribution in [3.63, 3.8) is 0 Å². The van der Waals surface area contributed by atoms with Gasteiger partial charge in [-0.25, -0.2) is 0 Å². The van der Waals surface area contributed by atoms with E-state index in [1.54, 1.807) is 0 Å².